The maximum Gasteiger partial charge on any atom is 0.161 e. The first-order chi connectivity index (χ1) is 25.7. The summed E-state index contributed by atoms with van der Waals surface area (Å²) < 4.78 is 42.3. The van der Waals surface area contributed by atoms with Crippen LogP contribution in [0.15, 0.2) is 196 Å². The predicted octanol–water partition coefficient (Wildman–Crippen LogP) is 11.8. The summed E-state index contributed by atoms with van der Waals surface area (Å²) in [6.07, 6.45) is 0.232. The van der Waals surface area contributed by atoms with Gasteiger partial charge in [-0.2, -0.15) is 16.4 Å². The van der Waals surface area contributed by atoms with Crippen molar-refractivity contribution in [3.8, 4) is 0 Å². The molecule has 0 amide bonds. The molecule has 0 saturated carbocycles. The second-order valence-corrected chi connectivity index (χ2v) is 16.2. The van der Waals surface area contributed by atoms with Crippen molar-refractivity contribution < 1.29 is 13.2 Å². The van der Waals surface area contributed by atoms with Gasteiger partial charge in [0.25, 0.3) is 0 Å². The fourth-order valence-corrected chi connectivity index (χ4v) is 8.85. The van der Waals surface area contributed by atoms with E-state index in [4.69, 9.17) is 23.2 Å². The van der Waals surface area contributed by atoms with Crippen LogP contribution >= 0.6 is 39.1 Å². The number of rotatable bonds is 9. The van der Waals surface area contributed by atoms with E-state index < -0.39 is 6.15 Å². The SMILES string of the molecule is Clc1ccc([S+](Cc2ccc(Br)cc2)c2ccc(Cl)cc2)cc1.Fc1ccc([B-](C=Cc2ccccc2)(c2ccc(F)cc2)c2ccc(F)cc2)cc1. The second-order valence-electron chi connectivity index (χ2n) is 12.4. The fourth-order valence-electron chi connectivity index (χ4n) is 6.28. The summed E-state index contributed by atoms with van der Waals surface area (Å²) in [7, 11) is -0.0580. The molecule has 264 valence electrons. The van der Waals surface area contributed by atoms with Crippen molar-refractivity contribution in [3.63, 3.8) is 0 Å². The summed E-state index contributed by atoms with van der Waals surface area (Å²) in [4.78, 5) is 2.55. The van der Waals surface area contributed by atoms with E-state index in [0.29, 0.717) is 0 Å². The molecule has 0 aliphatic carbocycles. The standard InChI is InChI=1S/C26H19BF3.C19H14BrCl2S/c28-24-12-6-21(7-13-24)27(22-8-14-25(29)15-9-22,23-10-16-26(30)17-11-23)19-18-20-4-2-1-3-5-20;20-15-3-1-14(2-4-15)13-23(18-9-5-16(21)6-10-18)19-11-7-17(22)8-12-19/h1-19H;1-12H,13H2/q-1;+1. The van der Waals surface area contributed by atoms with Crippen LogP contribution in [0.2, 0.25) is 10.0 Å². The lowest BCUT2D eigenvalue weighted by Crippen LogP contribution is -2.66. The summed E-state index contributed by atoms with van der Waals surface area (Å²) in [6, 6.07) is 53.4. The Bertz CT molecular complexity index is 2080. The summed E-state index contributed by atoms with van der Waals surface area (Å²) in [5.74, 6) is 2.00. The van der Waals surface area contributed by atoms with Gasteiger partial charge < -0.3 is 0 Å². The minimum Gasteiger partial charge on any atom is -0.231 e. The number of hydrogen-bond acceptors (Lipinski definition) is 0. The van der Waals surface area contributed by atoms with Gasteiger partial charge in [0.1, 0.15) is 29.4 Å². The van der Waals surface area contributed by atoms with E-state index in [2.05, 4.69) is 70.4 Å². The number of hydrogen-bond donors (Lipinski definition) is 0. The van der Waals surface area contributed by atoms with E-state index in [1.165, 1.54) is 51.8 Å². The highest BCUT2D eigenvalue weighted by molar-refractivity contribution is 9.10. The second kappa shape index (κ2) is 18.0. The van der Waals surface area contributed by atoms with Crippen LogP contribution in [0.25, 0.3) is 6.08 Å². The van der Waals surface area contributed by atoms with Gasteiger partial charge in [0.2, 0.25) is 0 Å². The van der Waals surface area contributed by atoms with E-state index in [0.717, 1.165) is 42.2 Å². The van der Waals surface area contributed by atoms with Crippen LogP contribution in [0.4, 0.5) is 13.2 Å². The average molecular weight is 824 g/mol. The van der Waals surface area contributed by atoms with E-state index in [1.54, 1.807) is 36.4 Å². The van der Waals surface area contributed by atoms with Crippen LogP contribution in [0, 0.1) is 17.5 Å². The molecule has 0 heterocycles. The smallest absolute Gasteiger partial charge is 0.161 e. The van der Waals surface area contributed by atoms with Gasteiger partial charge in [-0.25, -0.2) is 19.1 Å². The lowest BCUT2D eigenvalue weighted by Gasteiger charge is -2.40. The maximum absolute atomic E-state index is 13.7. The molecular formula is C45H33BBrCl2F3S. The maximum atomic E-state index is 13.7. The largest absolute Gasteiger partial charge is 0.231 e. The van der Waals surface area contributed by atoms with E-state index in [-0.39, 0.29) is 28.3 Å². The average Bonchev–Trinajstić information content (AvgIpc) is 3.18. The zero-order chi connectivity index (χ0) is 37.2. The van der Waals surface area contributed by atoms with Crippen molar-refractivity contribution >= 4 is 78.6 Å². The Labute approximate surface area is 330 Å². The van der Waals surface area contributed by atoms with Gasteiger partial charge in [-0.3, -0.25) is 0 Å². The molecular weight excluding hydrogens is 791 g/mol. The van der Waals surface area contributed by atoms with Crippen LogP contribution in [-0.4, -0.2) is 6.15 Å². The molecule has 0 saturated heterocycles. The van der Waals surface area contributed by atoms with Gasteiger partial charge in [0.05, 0.1) is 10.9 Å². The summed E-state index contributed by atoms with van der Waals surface area (Å²) in [5.41, 5.74) is 4.85. The van der Waals surface area contributed by atoms with Gasteiger partial charge in [0.15, 0.2) is 9.79 Å². The molecule has 0 aliphatic rings. The minimum absolute atomic E-state index is 0.0580. The Morgan fingerprint density at radius 1 is 0.491 bits per heavy atom. The Balaban J connectivity index is 0.000000188. The van der Waals surface area contributed by atoms with Crippen LogP contribution < -0.4 is 16.4 Å². The molecule has 53 heavy (non-hydrogen) atoms. The quantitative estimate of drug-likeness (QED) is 0.100. The van der Waals surface area contributed by atoms with Crippen LogP contribution in [0.5, 0.6) is 0 Å². The minimum atomic E-state index is -1.76. The third kappa shape index (κ3) is 9.95. The molecule has 7 aromatic carbocycles. The Hall–Kier alpha value is -4.46. The highest BCUT2D eigenvalue weighted by atomic mass is 79.9. The van der Waals surface area contributed by atoms with Gasteiger partial charge >= 0.3 is 0 Å². The van der Waals surface area contributed by atoms with Crippen molar-refractivity contribution in [3.05, 3.63) is 225 Å². The van der Waals surface area contributed by atoms with Crippen molar-refractivity contribution in [1.82, 2.24) is 0 Å². The van der Waals surface area contributed by atoms with E-state index >= 15 is 0 Å². The fraction of sp³-hybridized carbons (Fsp3) is 0.0222. The van der Waals surface area contributed by atoms with Crippen molar-refractivity contribution in [1.29, 1.82) is 0 Å². The van der Waals surface area contributed by atoms with Crippen LogP contribution in [0.1, 0.15) is 11.1 Å². The molecule has 0 radical (unpaired) electrons. The Kier molecular flexibility index (Phi) is 13.0. The van der Waals surface area contributed by atoms with Gasteiger partial charge in [-0.05, 0) is 103 Å². The molecule has 8 heteroatoms. The molecule has 0 aliphatic heterocycles. The molecule has 0 fully saturated rings. The molecule has 7 rings (SSSR count). The predicted molar refractivity (Wildman–Crippen MR) is 224 cm³/mol. The Morgan fingerprint density at radius 2 is 0.887 bits per heavy atom. The first-order valence-corrected chi connectivity index (χ1v) is 19.8. The normalized spacial score (nSPS) is 11.4. The lowest BCUT2D eigenvalue weighted by atomic mass is 9.15. The van der Waals surface area contributed by atoms with E-state index in [1.807, 2.05) is 60.7 Å². The molecule has 0 nitrogen and oxygen atoms in total. The van der Waals surface area contributed by atoms with Gasteiger partial charge in [-0.15, -0.1) is 0 Å². The highest BCUT2D eigenvalue weighted by Gasteiger charge is 2.28. The number of benzene rings is 7. The molecule has 0 aromatic heterocycles. The monoisotopic (exact) mass is 822 g/mol. The number of halogens is 6. The molecule has 0 bridgehead atoms. The Morgan fingerprint density at radius 3 is 1.28 bits per heavy atom. The summed E-state index contributed by atoms with van der Waals surface area (Å²) in [5, 5.41) is 1.52. The van der Waals surface area contributed by atoms with Crippen LogP contribution in [-0.2, 0) is 16.6 Å². The van der Waals surface area contributed by atoms with E-state index in [9.17, 15) is 13.2 Å². The van der Waals surface area contributed by atoms with Crippen LogP contribution in [0.3, 0.4) is 0 Å². The molecule has 0 unspecified atom stereocenters. The summed E-state index contributed by atoms with van der Waals surface area (Å²) >= 11 is 15.6. The third-order valence-electron chi connectivity index (χ3n) is 8.98. The highest BCUT2D eigenvalue weighted by Crippen LogP contribution is 2.29. The molecule has 0 atom stereocenters. The zero-order valence-electron chi connectivity index (χ0n) is 28.4. The topological polar surface area (TPSA) is 0 Å². The zero-order valence-corrected chi connectivity index (χ0v) is 32.3. The molecule has 7 aromatic rings. The van der Waals surface area contributed by atoms with Crippen molar-refractivity contribution in [2.45, 2.75) is 15.5 Å². The molecule has 0 N–H and O–H groups in total. The lowest BCUT2D eigenvalue weighted by molar-refractivity contribution is 0.628. The van der Waals surface area contributed by atoms with Gasteiger partial charge in [0, 0.05) is 20.1 Å². The van der Waals surface area contributed by atoms with Crippen molar-refractivity contribution in [2.24, 2.45) is 0 Å². The van der Waals surface area contributed by atoms with Gasteiger partial charge in [-0.1, -0.05) is 124 Å². The summed E-state index contributed by atoms with van der Waals surface area (Å²) in [6.45, 7) is 0. The van der Waals surface area contributed by atoms with Crippen molar-refractivity contribution in [2.75, 3.05) is 0 Å². The first-order valence-electron chi connectivity index (χ1n) is 16.8. The third-order valence-corrected chi connectivity index (χ3v) is 12.3. The first kappa shape index (κ1) is 38.3. The molecule has 0 spiro atoms.